The molecule has 0 aliphatic carbocycles. The zero-order chi connectivity index (χ0) is 14.7. The Balaban J connectivity index is 1.74. The highest BCUT2D eigenvalue weighted by atomic mass is 16.6. The number of ether oxygens (including phenoxy) is 2. The summed E-state index contributed by atoms with van der Waals surface area (Å²) in [6.07, 6.45) is 6.81. The van der Waals surface area contributed by atoms with E-state index in [2.05, 4.69) is 19.1 Å². The van der Waals surface area contributed by atoms with Crippen LogP contribution in [0.4, 0.5) is 0 Å². The lowest BCUT2D eigenvalue weighted by molar-refractivity contribution is -0.160. The third-order valence-electron chi connectivity index (χ3n) is 4.17. The molecule has 1 saturated heterocycles. The molecule has 112 valence electrons. The molecule has 4 atom stereocenters. The van der Waals surface area contributed by atoms with Gasteiger partial charge in [-0.05, 0) is 12.0 Å². The van der Waals surface area contributed by atoms with Gasteiger partial charge in [0.05, 0.1) is 12.2 Å². The average molecular weight is 286 g/mol. The van der Waals surface area contributed by atoms with Crippen molar-refractivity contribution in [1.29, 1.82) is 0 Å². The molecule has 1 unspecified atom stereocenters. The summed E-state index contributed by atoms with van der Waals surface area (Å²) in [6, 6.07) is 10.2. The Labute approximate surface area is 125 Å². The first kappa shape index (κ1) is 14.5. The number of fused-ring (bicyclic) bond motifs is 2. The highest BCUT2D eigenvalue weighted by Gasteiger charge is 2.40. The van der Waals surface area contributed by atoms with Crippen molar-refractivity contribution in [1.82, 2.24) is 0 Å². The molecule has 3 nitrogen and oxygen atoms in total. The summed E-state index contributed by atoms with van der Waals surface area (Å²) in [6.45, 7) is 2.17. The van der Waals surface area contributed by atoms with Crippen molar-refractivity contribution < 1.29 is 14.3 Å². The Bertz CT molecular complexity index is 508. The van der Waals surface area contributed by atoms with Crippen molar-refractivity contribution >= 4 is 5.78 Å². The van der Waals surface area contributed by atoms with Gasteiger partial charge in [-0.3, -0.25) is 4.79 Å². The SMILES string of the molecule is CCCCC(O[C@H]1C(=O)C[C@@H]2C=C[C@@H]1O2)c1ccccc1. The van der Waals surface area contributed by atoms with Crippen LogP contribution >= 0.6 is 0 Å². The summed E-state index contributed by atoms with van der Waals surface area (Å²) in [7, 11) is 0. The zero-order valence-corrected chi connectivity index (χ0v) is 12.4. The molecular weight excluding hydrogens is 264 g/mol. The van der Waals surface area contributed by atoms with Crippen LogP contribution in [0.2, 0.25) is 0 Å². The number of carbonyl (C=O) groups excluding carboxylic acids is 1. The minimum atomic E-state index is -0.456. The summed E-state index contributed by atoms with van der Waals surface area (Å²) in [5.74, 6) is 0.165. The van der Waals surface area contributed by atoms with Gasteiger partial charge in [-0.2, -0.15) is 0 Å². The number of hydrogen-bond acceptors (Lipinski definition) is 3. The van der Waals surface area contributed by atoms with E-state index in [0.29, 0.717) is 6.42 Å². The van der Waals surface area contributed by atoms with Gasteiger partial charge in [0.25, 0.3) is 0 Å². The molecule has 0 N–H and O–H groups in total. The first-order valence-corrected chi connectivity index (χ1v) is 7.85. The van der Waals surface area contributed by atoms with E-state index in [9.17, 15) is 4.79 Å². The average Bonchev–Trinajstić information content (AvgIpc) is 2.90. The standard InChI is InChI=1S/C18H22O3/c1-2-3-9-16(13-7-5-4-6-8-13)21-18-15(19)12-14-10-11-17(18)20-14/h4-8,10-11,14,16-18H,2-3,9,12H2,1H3/t14-,16?,17-,18-/m0/s1. The molecule has 1 aromatic carbocycles. The highest BCUT2D eigenvalue weighted by molar-refractivity contribution is 5.86. The van der Waals surface area contributed by atoms with Gasteiger partial charge >= 0.3 is 0 Å². The Morgan fingerprint density at radius 3 is 2.86 bits per heavy atom. The van der Waals surface area contributed by atoms with E-state index in [1.807, 2.05) is 30.4 Å². The van der Waals surface area contributed by atoms with Crippen molar-refractivity contribution in [3.63, 3.8) is 0 Å². The first-order valence-electron chi connectivity index (χ1n) is 7.85. The molecule has 0 aromatic heterocycles. The van der Waals surface area contributed by atoms with Crippen LogP contribution in [0.25, 0.3) is 0 Å². The maximum absolute atomic E-state index is 12.3. The molecule has 1 fully saturated rings. The zero-order valence-electron chi connectivity index (χ0n) is 12.4. The van der Waals surface area contributed by atoms with E-state index >= 15 is 0 Å². The van der Waals surface area contributed by atoms with Crippen molar-refractivity contribution in [2.75, 3.05) is 0 Å². The van der Waals surface area contributed by atoms with Gasteiger partial charge in [0.15, 0.2) is 5.78 Å². The number of hydrogen-bond donors (Lipinski definition) is 0. The molecule has 0 radical (unpaired) electrons. The van der Waals surface area contributed by atoms with Gasteiger partial charge in [-0.15, -0.1) is 0 Å². The fraction of sp³-hybridized carbons (Fsp3) is 0.500. The molecule has 0 amide bonds. The minimum Gasteiger partial charge on any atom is -0.363 e. The number of benzene rings is 1. The number of Topliss-reactive ketones (excluding diaryl/α,β-unsaturated/α-hetero) is 1. The number of unbranched alkanes of at least 4 members (excludes halogenated alkanes) is 1. The molecule has 2 aliphatic rings. The summed E-state index contributed by atoms with van der Waals surface area (Å²) in [5.41, 5.74) is 1.14. The summed E-state index contributed by atoms with van der Waals surface area (Å²) in [5, 5.41) is 0. The fourth-order valence-electron chi connectivity index (χ4n) is 3.01. The molecule has 21 heavy (non-hydrogen) atoms. The lowest BCUT2D eigenvalue weighted by Crippen LogP contribution is -2.43. The van der Waals surface area contributed by atoms with Crippen LogP contribution in [0.15, 0.2) is 42.5 Å². The van der Waals surface area contributed by atoms with Crippen molar-refractivity contribution in [2.24, 2.45) is 0 Å². The van der Waals surface area contributed by atoms with Crippen LogP contribution in [0, 0.1) is 0 Å². The molecule has 1 aromatic rings. The monoisotopic (exact) mass is 286 g/mol. The Morgan fingerprint density at radius 1 is 1.29 bits per heavy atom. The molecule has 0 spiro atoms. The molecular formula is C18H22O3. The lowest BCUT2D eigenvalue weighted by atomic mass is 10.0. The molecule has 2 bridgehead atoms. The number of ketones is 1. The Kier molecular flexibility index (Phi) is 4.51. The van der Waals surface area contributed by atoms with Gasteiger partial charge in [0.2, 0.25) is 0 Å². The normalized spacial score (nSPS) is 28.8. The van der Waals surface area contributed by atoms with Crippen LogP contribution in [-0.4, -0.2) is 24.1 Å². The second kappa shape index (κ2) is 6.54. The van der Waals surface area contributed by atoms with Crippen LogP contribution in [0.3, 0.4) is 0 Å². The minimum absolute atomic E-state index is 0.0331. The molecule has 2 heterocycles. The van der Waals surface area contributed by atoms with E-state index < -0.39 is 6.10 Å². The van der Waals surface area contributed by atoms with Crippen LogP contribution in [-0.2, 0) is 14.3 Å². The maximum Gasteiger partial charge on any atom is 0.167 e. The predicted octanol–water partition coefficient (Wildman–Crippen LogP) is 3.60. The fourth-order valence-corrected chi connectivity index (χ4v) is 3.01. The van der Waals surface area contributed by atoms with Crippen LogP contribution in [0.1, 0.15) is 44.3 Å². The van der Waals surface area contributed by atoms with E-state index in [0.717, 1.165) is 24.8 Å². The first-order chi connectivity index (χ1) is 10.3. The maximum atomic E-state index is 12.3. The van der Waals surface area contributed by atoms with Gasteiger partial charge < -0.3 is 9.47 Å². The van der Waals surface area contributed by atoms with Crippen LogP contribution in [0.5, 0.6) is 0 Å². The van der Waals surface area contributed by atoms with Crippen molar-refractivity contribution in [2.45, 2.75) is 57.0 Å². The summed E-state index contributed by atoms with van der Waals surface area (Å²) >= 11 is 0. The number of carbonyl (C=O) groups is 1. The largest absolute Gasteiger partial charge is 0.363 e. The quantitative estimate of drug-likeness (QED) is 0.750. The third kappa shape index (κ3) is 3.25. The third-order valence-corrected chi connectivity index (χ3v) is 4.17. The van der Waals surface area contributed by atoms with Gasteiger partial charge in [0.1, 0.15) is 12.2 Å². The Hall–Kier alpha value is -1.45. The van der Waals surface area contributed by atoms with Gasteiger partial charge in [-0.25, -0.2) is 0 Å². The molecule has 2 aliphatic heterocycles. The summed E-state index contributed by atoms with van der Waals surface area (Å²) in [4.78, 5) is 12.3. The highest BCUT2D eigenvalue weighted by Crippen LogP contribution is 2.32. The van der Waals surface area contributed by atoms with Gasteiger partial charge in [0, 0.05) is 6.42 Å². The molecule has 0 saturated carbocycles. The predicted molar refractivity (Wildman–Crippen MR) is 81.0 cm³/mol. The molecule has 3 heteroatoms. The van der Waals surface area contributed by atoms with Crippen molar-refractivity contribution in [3.8, 4) is 0 Å². The van der Waals surface area contributed by atoms with E-state index in [4.69, 9.17) is 9.47 Å². The topological polar surface area (TPSA) is 35.5 Å². The van der Waals surface area contributed by atoms with E-state index in [1.54, 1.807) is 0 Å². The summed E-state index contributed by atoms with van der Waals surface area (Å²) < 4.78 is 12.0. The number of rotatable bonds is 6. The second-order valence-electron chi connectivity index (χ2n) is 5.79. The smallest absolute Gasteiger partial charge is 0.167 e. The van der Waals surface area contributed by atoms with E-state index in [1.165, 1.54) is 0 Å². The van der Waals surface area contributed by atoms with Crippen LogP contribution < -0.4 is 0 Å². The lowest BCUT2D eigenvalue weighted by Gasteiger charge is -2.31. The van der Waals surface area contributed by atoms with E-state index in [-0.39, 0.29) is 24.1 Å². The Morgan fingerprint density at radius 2 is 2.10 bits per heavy atom. The molecule has 3 rings (SSSR count). The van der Waals surface area contributed by atoms with Gasteiger partial charge in [-0.1, -0.05) is 62.2 Å². The van der Waals surface area contributed by atoms with Crippen molar-refractivity contribution in [3.05, 3.63) is 48.0 Å². The second-order valence-corrected chi connectivity index (χ2v) is 5.79.